The Morgan fingerprint density at radius 3 is 2.83 bits per heavy atom. The molecule has 0 amide bonds. The third-order valence-electron chi connectivity index (χ3n) is 3.73. The van der Waals surface area contributed by atoms with Crippen molar-refractivity contribution < 1.29 is 4.74 Å². The highest BCUT2D eigenvalue weighted by Crippen LogP contribution is 2.17. The fourth-order valence-corrected chi connectivity index (χ4v) is 2.60. The number of nitrogens with two attached hydrogens (primary N) is 1. The first-order valence-electron chi connectivity index (χ1n) is 6.93. The molecule has 0 saturated carbocycles. The van der Waals surface area contributed by atoms with Gasteiger partial charge < -0.3 is 10.5 Å². The van der Waals surface area contributed by atoms with Crippen LogP contribution in [0.3, 0.4) is 0 Å². The van der Waals surface area contributed by atoms with Crippen LogP contribution in [0, 0.1) is 0 Å². The maximum Gasteiger partial charge on any atom is 0.0622 e. The van der Waals surface area contributed by atoms with Crippen molar-refractivity contribution in [1.29, 1.82) is 0 Å². The number of nitrogens with zero attached hydrogens (tertiary/aromatic N) is 1. The highest BCUT2D eigenvalue weighted by atomic mass is 16.5. The summed E-state index contributed by atoms with van der Waals surface area (Å²) in [6.07, 6.45) is 2.12. The summed E-state index contributed by atoms with van der Waals surface area (Å²) in [6.45, 7) is 6.74. The van der Waals surface area contributed by atoms with Gasteiger partial charge in [-0.1, -0.05) is 31.2 Å². The molecule has 1 aliphatic heterocycles. The molecule has 0 bridgehead atoms. The number of hydrogen-bond acceptors (Lipinski definition) is 3. The van der Waals surface area contributed by atoms with E-state index in [1.165, 1.54) is 11.1 Å². The monoisotopic (exact) mass is 248 g/mol. The first kappa shape index (κ1) is 13.5. The molecule has 3 heteroatoms. The van der Waals surface area contributed by atoms with Crippen molar-refractivity contribution in [1.82, 2.24) is 4.90 Å². The summed E-state index contributed by atoms with van der Waals surface area (Å²) < 4.78 is 5.56. The lowest BCUT2D eigenvalue weighted by atomic mass is 10.0. The maximum absolute atomic E-state index is 5.68. The van der Waals surface area contributed by atoms with E-state index in [4.69, 9.17) is 10.5 Å². The zero-order chi connectivity index (χ0) is 12.8. The van der Waals surface area contributed by atoms with E-state index in [-0.39, 0.29) is 0 Å². The summed E-state index contributed by atoms with van der Waals surface area (Å²) in [5.74, 6) is 0. The van der Waals surface area contributed by atoms with E-state index < -0.39 is 0 Å². The molecule has 1 aliphatic rings. The average Bonchev–Trinajstić information content (AvgIpc) is 2.42. The van der Waals surface area contributed by atoms with Gasteiger partial charge in [0.25, 0.3) is 0 Å². The van der Waals surface area contributed by atoms with Crippen LogP contribution in [0.2, 0.25) is 0 Å². The van der Waals surface area contributed by atoms with Crippen LogP contribution in [0.5, 0.6) is 0 Å². The van der Waals surface area contributed by atoms with Crippen LogP contribution in [0.25, 0.3) is 0 Å². The molecule has 1 aromatic carbocycles. The van der Waals surface area contributed by atoms with Gasteiger partial charge in [-0.3, -0.25) is 4.90 Å². The summed E-state index contributed by atoms with van der Waals surface area (Å²) >= 11 is 0. The number of benzene rings is 1. The summed E-state index contributed by atoms with van der Waals surface area (Å²) in [4.78, 5) is 2.54. The van der Waals surface area contributed by atoms with Gasteiger partial charge in [-0.25, -0.2) is 0 Å². The van der Waals surface area contributed by atoms with Crippen LogP contribution >= 0.6 is 0 Å². The van der Waals surface area contributed by atoms with Gasteiger partial charge >= 0.3 is 0 Å². The molecule has 1 saturated heterocycles. The Kier molecular flexibility index (Phi) is 5.17. The predicted molar refractivity (Wildman–Crippen MR) is 74.5 cm³/mol. The maximum atomic E-state index is 5.68. The fourth-order valence-electron chi connectivity index (χ4n) is 2.60. The molecule has 1 heterocycles. The van der Waals surface area contributed by atoms with Crippen LogP contribution in [-0.2, 0) is 17.7 Å². The molecule has 18 heavy (non-hydrogen) atoms. The molecule has 0 spiro atoms. The second kappa shape index (κ2) is 6.88. The third kappa shape index (κ3) is 3.31. The molecule has 100 valence electrons. The van der Waals surface area contributed by atoms with E-state index in [2.05, 4.69) is 36.1 Å². The van der Waals surface area contributed by atoms with Crippen molar-refractivity contribution in [3.8, 4) is 0 Å². The first-order chi connectivity index (χ1) is 8.85. The highest BCUT2D eigenvalue weighted by Gasteiger charge is 2.21. The van der Waals surface area contributed by atoms with Crippen LogP contribution in [0.15, 0.2) is 24.3 Å². The molecule has 0 radical (unpaired) electrons. The van der Waals surface area contributed by atoms with Crippen molar-refractivity contribution in [3.63, 3.8) is 0 Å². The zero-order valence-corrected chi connectivity index (χ0v) is 11.3. The van der Waals surface area contributed by atoms with Gasteiger partial charge in [0.1, 0.15) is 0 Å². The van der Waals surface area contributed by atoms with Crippen LogP contribution in [-0.4, -0.2) is 37.2 Å². The quantitative estimate of drug-likeness (QED) is 0.863. The molecule has 1 unspecified atom stereocenters. The van der Waals surface area contributed by atoms with Crippen molar-refractivity contribution in [2.24, 2.45) is 5.73 Å². The van der Waals surface area contributed by atoms with E-state index in [1.54, 1.807) is 0 Å². The highest BCUT2D eigenvalue weighted by molar-refractivity contribution is 5.27. The van der Waals surface area contributed by atoms with Gasteiger partial charge in [0.05, 0.1) is 13.2 Å². The molecule has 2 rings (SSSR count). The van der Waals surface area contributed by atoms with E-state index in [1.807, 2.05) is 0 Å². The Morgan fingerprint density at radius 1 is 1.33 bits per heavy atom. The molecule has 3 nitrogen and oxygen atoms in total. The van der Waals surface area contributed by atoms with Gasteiger partial charge in [0.15, 0.2) is 0 Å². The number of ether oxygens (including phenoxy) is 1. The second-order valence-corrected chi connectivity index (χ2v) is 4.91. The summed E-state index contributed by atoms with van der Waals surface area (Å²) in [7, 11) is 0. The minimum atomic E-state index is 0.560. The largest absolute Gasteiger partial charge is 0.378 e. The van der Waals surface area contributed by atoms with E-state index in [0.29, 0.717) is 6.04 Å². The van der Waals surface area contributed by atoms with Crippen molar-refractivity contribution in [2.75, 3.05) is 26.3 Å². The summed E-state index contributed by atoms with van der Waals surface area (Å²) in [5.41, 5.74) is 8.49. The minimum absolute atomic E-state index is 0.560. The van der Waals surface area contributed by atoms with E-state index >= 15 is 0 Å². The van der Waals surface area contributed by atoms with Gasteiger partial charge in [0, 0.05) is 19.1 Å². The topological polar surface area (TPSA) is 38.5 Å². The third-order valence-corrected chi connectivity index (χ3v) is 3.73. The summed E-state index contributed by atoms with van der Waals surface area (Å²) in [6, 6.07) is 9.21. The first-order valence-corrected chi connectivity index (χ1v) is 6.93. The van der Waals surface area contributed by atoms with Crippen molar-refractivity contribution >= 4 is 0 Å². The van der Waals surface area contributed by atoms with Crippen LogP contribution in [0.1, 0.15) is 24.5 Å². The van der Waals surface area contributed by atoms with Crippen LogP contribution < -0.4 is 5.73 Å². The fraction of sp³-hybridized carbons (Fsp3) is 0.600. The van der Waals surface area contributed by atoms with Gasteiger partial charge in [-0.05, 0) is 30.5 Å². The molecule has 0 aromatic heterocycles. The van der Waals surface area contributed by atoms with Gasteiger partial charge in [0.2, 0.25) is 0 Å². The SMILES string of the molecule is CCC1COCCN1Cc1ccccc1CCN. The lowest BCUT2D eigenvalue weighted by molar-refractivity contribution is -0.0128. The molecule has 2 N–H and O–H groups in total. The molecule has 0 aliphatic carbocycles. The van der Waals surface area contributed by atoms with Crippen molar-refractivity contribution in [3.05, 3.63) is 35.4 Å². The van der Waals surface area contributed by atoms with E-state index in [9.17, 15) is 0 Å². The molecular formula is C15H24N2O. The Balaban J connectivity index is 2.07. The number of hydrogen-bond donors (Lipinski definition) is 1. The Hall–Kier alpha value is -0.900. The summed E-state index contributed by atoms with van der Waals surface area (Å²) in [5, 5.41) is 0. The molecule has 1 atom stereocenters. The predicted octanol–water partition coefficient (Wildman–Crippen LogP) is 1.80. The van der Waals surface area contributed by atoms with Crippen molar-refractivity contribution in [2.45, 2.75) is 32.4 Å². The lowest BCUT2D eigenvalue weighted by Gasteiger charge is -2.35. The normalized spacial score (nSPS) is 21.1. The Labute approximate surface area is 110 Å². The molecular weight excluding hydrogens is 224 g/mol. The van der Waals surface area contributed by atoms with Gasteiger partial charge in [-0.15, -0.1) is 0 Å². The van der Waals surface area contributed by atoms with E-state index in [0.717, 1.165) is 45.7 Å². The van der Waals surface area contributed by atoms with Crippen LogP contribution in [0.4, 0.5) is 0 Å². The van der Waals surface area contributed by atoms with Gasteiger partial charge in [-0.2, -0.15) is 0 Å². The standard InChI is InChI=1S/C15H24N2O/c1-2-15-12-18-10-9-17(15)11-14-6-4-3-5-13(14)7-8-16/h3-6,15H,2,7-12,16H2,1H3. The lowest BCUT2D eigenvalue weighted by Crippen LogP contribution is -2.44. The second-order valence-electron chi connectivity index (χ2n) is 4.91. The number of rotatable bonds is 5. The number of morpholine rings is 1. The smallest absolute Gasteiger partial charge is 0.0622 e. The molecule has 1 aromatic rings. The Morgan fingerprint density at radius 2 is 2.11 bits per heavy atom. The average molecular weight is 248 g/mol. The Bertz CT molecular complexity index is 367. The minimum Gasteiger partial charge on any atom is -0.378 e. The molecule has 1 fully saturated rings. The zero-order valence-electron chi connectivity index (χ0n) is 11.3.